The van der Waals surface area contributed by atoms with Crippen LogP contribution in [0.25, 0.3) is 0 Å². The Bertz CT molecular complexity index is 588. The molecule has 2 aromatic heterocycles. The monoisotopic (exact) mass is 294 g/mol. The van der Waals surface area contributed by atoms with Crippen LogP contribution in [0, 0.1) is 13.8 Å². The van der Waals surface area contributed by atoms with Crippen molar-refractivity contribution < 1.29 is 14.3 Å². The lowest BCUT2D eigenvalue weighted by Crippen LogP contribution is -2.31. The van der Waals surface area contributed by atoms with Crippen molar-refractivity contribution in [2.24, 2.45) is 0 Å². The van der Waals surface area contributed by atoms with Gasteiger partial charge in [-0.3, -0.25) is 4.79 Å². The predicted molar refractivity (Wildman–Crippen MR) is 74.7 cm³/mol. The van der Waals surface area contributed by atoms with Crippen molar-refractivity contribution >= 4 is 17.5 Å². The number of hydrogen-bond acceptors (Lipinski definition) is 4. The minimum Gasteiger partial charge on any atom is -0.467 e. The highest BCUT2D eigenvalue weighted by atomic mass is 35.5. The molecule has 5 nitrogen and oxygen atoms in total. The van der Waals surface area contributed by atoms with E-state index in [0.717, 1.165) is 11.3 Å². The van der Waals surface area contributed by atoms with E-state index < -0.39 is 11.9 Å². The number of carbonyl (C=O) groups excluding carboxylic acids is 1. The van der Waals surface area contributed by atoms with Crippen molar-refractivity contribution in [2.45, 2.75) is 19.9 Å². The number of rotatable bonds is 4. The van der Waals surface area contributed by atoms with Crippen molar-refractivity contribution in [3.8, 4) is 0 Å². The Morgan fingerprint density at radius 2 is 2.30 bits per heavy atom. The van der Waals surface area contributed by atoms with E-state index in [-0.39, 0.29) is 11.8 Å². The fraction of sp³-hybridized carbons (Fsp3) is 0.286. The van der Waals surface area contributed by atoms with E-state index in [1.165, 1.54) is 6.26 Å². The van der Waals surface area contributed by atoms with Crippen molar-refractivity contribution in [3.05, 3.63) is 52.2 Å². The molecule has 20 heavy (non-hydrogen) atoms. The largest absolute Gasteiger partial charge is 0.467 e. The maximum atomic E-state index is 12.3. The van der Waals surface area contributed by atoms with Gasteiger partial charge in [0.25, 0.3) is 5.91 Å². The molecule has 1 unspecified atom stereocenters. The maximum absolute atomic E-state index is 12.3. The number of aryl methyl sites for hydroxylation is 2. The van der Waals surface area contributed by atoms with Gasteiger partial charge in [-0.2, -0.15) is 0 Å². The summed E-state index contributed by atoms with van der Waals surface area (Å²) in [5.74, 6) is 0.0881. The maximum Gasteiger partial charge on any atom is 0.255 e. The molecule has 0 saturated carbocycles. The number of aromatic nitrogens is 1. The molecule has 106 valence electrons. The number of pyridine rings is 1. The standard InChI is InChI=1S/C14H15ClN2O3/c1-8-6-9(2)16-13(15)12(8)14(19)17-10(7-18)11-4-3-5-20-11/h3-6,10,18H,7H2,1-2H3,(H,17,19). The molecular formula is C14H15ClN2O3. The minimum absolute atomic E-state index is 0.149. The Balaban J connectivity index is 2.24. The summed E-state index contributed by atoms with van der Waals surface area (Å²) in [5.41, 5.74) is 1.78. The van der Waals surface area contributed by atoms with Gasteiger partial charge >= 0.3 is 0 Å². The number of carbonyl (C=O) groups is 1. The molecule has 0 aliphatic heterocycles. The fourth-order valence-electron chi connectivity index (χ4n) is 1.99. The van der Waals surface area contributed by atoms with E-state index >= 15 is 0 Å². The number of furan rings is 1. The second kappa shape index (κ2) is 6.07. The van der Waals surface area contributed by atoms with Crippen LogP contribution in [0.2, 0.25) is 5.15 Å². The fourth-order valence-corrected chi connectivity index (χ4v) is 2.36. The van der Waals surface area contributed by atoms with Gasteiger partial charge in [-0.05, 0) is 37.6 Å². The summed E-state index contributed by atoms with van der Waals surface area (Å²) in [4.78, 5) is 16.3. The molecule has 0 fully saturated rings. The number of nitrogens with zero attached hydrogens (tertiary/aromatic N) is 1. The number of hydrogen-bond donors (Lipinski definition) is 2. The molecule has 0 spiro atoms. The second-order valence-electron chi connectivity index (χ2n) is 4.47. The summed E-state index contributed by atoms with van der Waals surface area (Å²) in [6.07, 6.45) is 1.48. The van der Waals surface area contributed by atoms with Crippen LogP contribution in [0.3, 0.4) is 0 Å². The number of aliphatic hydroxyl groups is 1. The summed E-state index contributed by atoms with van der Waals surface area (Å²) >= 11 is 6.02. The number of halogens is 1. The third-order valence-electron chi connectivity index (χ3n) is 2.90. The Kier molecular flexibility index (Phi) is 4.42. The molecule has 0 aliphatic carbocycles. The zero-order valence-electron chi connectivity index (χ0n) is 11.2. The van der Waals surface area contributed by atoms with Crippen molar-refractivity contribution in [1.29, 1.82) is 0 Å². The second-order valence-corrected chi connectivity index (χ2v) is 4.83. The lowest BCUT2D eigenvalue weighted by atomic mass is 10.1. The van der Waals surface area contributed by atoms with Crippen molar-refractivity contribution in [3.63, 3.8) is 0 Å². The highest BCUT2D eigenvalue weighted by Crippen LogP contribution is 2.20. The average Bonchev–Trinajstić information content (AvgIpc) is 2.88. The molecule has 6 heteroatoms. The third-order valence-corrected chi connectivity index (χ3v) is 3.18. The van der Waals surface area contributed by atoms with Crippen LogP contribution in [0.1, 0.15) is 33.4 Å². The highest BCUT2D eigenvalue weighted by Gasteiger charge is 2.21. The van der Waals surface area contributed by atoms with E-state index in [0.29, 0.717) is 11.3 Å². The summed E-state index contributed by atoms with van der Waals surface area (Å²) in [6.45, 7) is 3.32. The summed E-state index contributed by atoms with van der Waals surface area (Å²) < 4.78 is 5.18. The summed E-state index contributed by atoms with van der Waals surface area (Å²) in [7, 11) is 0. The molecule has 2 aromatic rings. The van der Waals surface area contributed by atoms with Crippen LogP contribution in [0.15, 0.2) is 28.9 Å². The van der Waals surface area contributed by atoms with E-state index in [4.69, 9.17) is 16.0 Å². The molecule has 0 aliphatic rings. The van der Waals surface area contributed by atoms with Crippen LogP contribution in [0.4, 0.5) is 0 Å². The Morgan fingerprint density at radius 3 is 2.85 bits per heavy atom. The van der Waals surface area contributed by atoms with Crippen LogP contribution in [0.5, 0.6) is 0 Å². The number of aliphatic hydroxyl groups excluding tert-OH is 1. The smallest absolute Gasteiger partial charge is 0.255 e. The van der Waals surface area contributed by atoms with Gasteiger partial charge in [-0.15, -0.1) is 0 Å². The first-order valence-corrected chi connectivity index (χ1v) is 6.49. The lowest BCUT2D eigenvalue weighted by Gasteiger charge is -2.15. The van der Waals surface area contributed by atoms with E-state index in [1.54, 1.807) is 32.0 Å². The van der Waals surface area contributed by atoms with Gasteiger partial charge in [0.1, 0.15) is 17.0 Å². The summed E-state index contributed by atoms with van der Waals surface area (Å²) in [6, 6.07) is 4.54. The minimum atomic E-state index is -0.616. The van der Waals surface area contributed by atoms with Gasteiger partial charge in [0, 0.05) is 5.69 Å². The van der Waals surface area contributed by atoms with E-state index in [1.807, 2.05) is 0 Å². The Labute approximate surface area is 121 Å². The normalized spacial score (nSPS) is 12.2. The number of amides is 1. The third kappa shape index (κ3) is 3.00. The zero-order valence-corrected chi connectivity index (χ0v) is 11.9. The van der Waals surface area contributed by atoms with Gasteiger partial charge in [-0.25, -0.2) is 4.98 Å². The zero-order chi connectivity index (χ0) is 14.7. The molecule has 1 atom stereocenters. The first kappa shape index (κ1) is 14.6. The molecule has 0 radical (unpaired) electrons. The molecule has 0 saturated heterocycles. The van der Waals surface area contributed by atoms with Gasteiger partial charge in [0.15, 0.2) is 0 Å². The van der Waals surface area contributed by atoms with Crippen LogP contribution in [-0.2, 0) is 0 Å². The van der Waals surface area contributed by atoms with E-state index in [2.05, 4.69) is 10.3 Å². The van der Waals surface area contributed by atoms with Crippen molar-refractivity contribution in [2.75, 3.05) is 6.61 Å². The lowest BCUT2D eigenvalue weighted by molar-refractivity contribution is 0.0906. The molecule has 1 amide bonds. The number of nitrogens with one attached hydrogen (secondary N) is 1. The molecule has 2 heterocycles. The molecule has 2 N–H and O–H groups in total. The first-order chi connectivity index (χ1) is 9.52. The Hall–Kier alpha value is -1.85. The van der Waals surface area contributed by atoms with Gasteiger partial charge in [-0.1, -0.05) is 11.6 Å². The van der Waals surface area contributed by atoms with Crippen LogP contribution in [-0.4, -0.2) is 22.6 Å². The molecular weight excluding hydrogens is 280 g/mol. The van der Waals surface area contributed by atoms with Gasteiger partial charge < -0.3 is 14.8 Å². The summed E-state index contributed by atoms with van der Waals surface area (Å²) in [5, 5.41) is 12.2. The average molecular weight is 295 g/mol. The van der Waals surface area contributed by atoms with E-state index in [9.17, 15) is 9.90 Å². The first-order valence-electron chi connectivity index (χ1n) is 6.11. The topological polar surface area (TPSA) is 75.4 Å². The van der Waals surface area contributed by atoms with Crippen molar-refractivity contribution in [1.82, 2.24) is 10.3 Å². The van der Waals surface area contributed by atoms with Crippen LogP contribution >= 0.6 is 11.6 Å². The predicted octanol–water partition coefficient (Wildman–Crippen LogP) is 2.41. The molecule has 2 rings (SSSR count). The quantitative estimate of drug-likeness (QED) is 0.849. The molecule has 0 aromatic carbocycles. The van der Waals surface area contributed by atoms with Crippen LogP contribution < -0.4 is 5.32 Å². The van der Waals surface area contributed by atoms with Gasteiger partial charge in [0.05, 0.1) is 18.4 Å². The Morgan fingerprint density at radius 1 is 1.55 bits per heavy atom. The molecule has 0 bridgehead atoms. The highest BCUT2D eigenvalue weighted by molar-refractivity contribution is 6.32. The van der Waals surface area contributed by atoms with Gasteiger partial charge in [0.2, 0.25) is 0 Å². The SMILES string of the molecule is Cc1cc(C)c(C(=O)NC(CO)c2ccco2)c(Cl)n1.